The standard InChI is InChI=1S/C14H23NO3/c1-14(16,11-15-8-9-17-2)10-12-6-4-5-7-13(12)18-3/h4-7,15-16H,8-11H2,1-3H3. The summed E-state index contributed by atoms with van der Waals surface area (Å²) in [5.41, 5.74) is 0.209. The lowest BCUT2D eigenvalue weighted by Gasteiger charge is -2.24. The van der Waals surface area contributed by atoms with Gasteiger partial charge in [0.2, 0.25) is 0 Å². The Kier molecular flexibility index (Phi) is 6.12. The minimum Gasteiger partial charge on any atom is -0.496 e. The fourth-order valence-electron chi connectivity index (χ4n) is 1.85. The van der Waals surface area contributed by atoms with E-state index in [-0.39, 0.29) is 0 Å². The summed E-state index contributed by atoms with van der Waals surface area (Å²) >= 11 is 0. The van der Waals surface area contributed by atoms with E-state index in [1.54, 1.807) is 14.2 Å². The smallest absolute Gasteiger partial charge is 0.122 e. The van der Waals surface area contributed by atoms with Crippen molar-refractivity contribution in [2.75, 3.05) is 33.9 Å². The molecule has 0 aliphatic heterocycles. The molecule has 0 fully saturated rings. The van der Waals surface area contributed by atoms with Crippen LogP contribution in [-0.2, 0) is 11.2 Å². The van der Waals surface area contributed by atoms with Gasteiger partial charge in [0.25, 0.3) is 0 Å². The number of hydrogen-bond donors (Lipinski definition) is 2. The van der Waals surface area contributed by atoms with Crippen LogP contribution in [-0.4, -0.2) is 44.6 Å². The van der Waals surface area contributed by atoms with Gasteiger partial charge in [-0.3, -0.25) is 0 Å². The van der Waals surface area contributed by atoms with Crippen LogP contribution in [0.15, 0.2) is 24.3 Å². The molecule has 1 unspecified atom stereocenters. The molecule has 0 aliphatic rings. The van der Waals surface area contributed by atoms with E-state index in [0.717, 1.165) is 17.9 Å². The Hall–Kier alpha value is -1.10. The van der Waals surface area contributed by atoms with Crippen molar-refractivity contribution in [2.45, 2.75) is 18.9 Å². The predicted molar refractivity (Wildman–Crippen MR) is 72.1 cm³/mol. The summed E-state index contributed by atoms with van der Waals surface area (Å²) < 4.78 is 10.2. The highest BCUT2D eigenvalue weighted by molar-refractivity contribution is 5.34. The van der Waals surface area contributed by atoms with Gasteiger partial charge >= 0.3 is 0 Å². The Bertz CT molecular complexity index is 353. The van der Waals surface area contributed by atoms with E-state index in [1.807, 2.05) is 31.2 Å². The van der Waals surface area contributed by atoms with Crippen LogP contribution in [0.2, 0.25) is 0 Å². The van der Waals surface area contributed by atoms with Crippen molar-refractivity contribution >= 4 is 0 Å². The Labute approximate surface area is 109 Å². The SMILES string of the molecule is COCCNCC(C)(O)Cc1ccccc1OC. The second-order valence-electron chi connectivity index (χ2n) is 4.66. The van der Waals surface area contributed by atoms with Crippen molar-refractivity contribution in [3.8, 4) is 5.75 Å². The second kappa shape index (κ2) is 7.36. The van der Waals surface area contributed by atoms with Gasteiger partial charge in [0, 0.05) is 26.6 Å². The third-order valence-electron chi connectivity index (χ3n) is 2.75. The first kappa shape index (κ1) is 15.0. The molecule has 1 atom stereocenters. The number of rotatable bonds is 8. The van der Waals surface area contributed by atoms with E-state index in [0.29, 0.717) is 19.6 Å². The maximum Gasteiger partial charge on any atom is 0.122 e. The molecule has 2 N–H and O–H groups in total. The average molecular weight is 253 g/mol. The molecule has 1 aromatic rings. The highest BCUT2D eigenvalue weighted by atomic mass is 16.5. The molecule has 4 heteroatoms. The number of aliphatic hydroxyl groups is 1. The molecule has 4 nitrogen and oxygen atoms in total. The molecule has 102 valence electrons. The van der Waals surface area contributed by atoms with Gasteiger partial charge < -0.3 is 19.9 Å². The van der Waals surface area contributed by atoms with E-state index < -0.39 is 5.60 Å². The molecule has 0 radical (unpaired) electrons. The number of benzene rings is 1. The van der Waals surface area contributed by atoms with Gasteiger partial charge in [0.05, 0.1) is 19.3 Å². The van der Waals surface area contributed by atoms with Crippen molar-refractivity contribution in [1.82, 2.24) is 5.32 Å². The molecule has 0 amide bonds. The largest absolute Gasteiger partial charge is 0.496 e. The summed E-state index contributed by atoms with van der Waals surface area (Å²) in [5, 5.41) is 13.5. The van der Waals surface area contributed by atoms with Crippen molar-refractivity contribution in [1.29, 1.82) is 0 Å². The van der Waals surface area contributed by atoms with E-state index >= 15 is 0 Å². The van der Waals surface area contributed by atoms with Crippen LogP contribution < -0.4 is 10.1 Å². The molecule has 0 bridgehead atoms. The Morgan fingerprint density at radius 1 is 1.28 bits per heavy atom. The minimum atomic E-state index is -0.803. The minimum absolute atomic E-state index is 0.522. The molecule has 1 aromatic carbocycles. The molecule has 0 saturated heterocycles. The lowest BCUT2D eigenvalue weighted by Crippen LogP contribution is -2.40. The maximum atomic E-state index is 10.3. The summed E-state index contributed by atoms with van der Waals surface area (Å²) in [6, 6.07) is 7.76. The van der Waals surface area contributed by atoms with Crippen LogP contribution >= 0.6 is 0 Å². The molecule has 1 rings (SSSR count). The normalized spacial score (nSPS) is 14.2. The number of hydrogen-bond acceptors (Lipinski definition) is 4. The van der Waals surface area contributed by atoms with Crippen LogP contribution in [0.3, 0.4) is 0 Å². The molecular weight excluding hydrogens is 230 g/mol. The first-order valence-electron chi connectivity index (χ1n) is 6.13. The van der Waals surface area contributed by atoms with E-state index in [9.17, 15) is 5.11 Å². The van der Waals surface area contributed by atoms with Crippen LogP contribution in [0.1, 0.15) is 12.5 Å². The highest BCUT2D eigenvalue weighted by Crippen LogP contribution is 2.22. The molecule has 0 saturated carbocycles. The summed E-state index contributed by atoms with van der Waals surface area (Å²) in [5.74, 6) is 0.815. The average Bonchev–Trinajstić information content (AvgIpc) is 2.35. The van der Waals surface area contributed by atoms with Gasteiger partial charge in [0.1, 0.15) is 5.75 Å². The molecule has 0 aliphatic carbocycles. The Morgan fingerprint density at radius 3 is 2.67 bits per heavy atom. The second-order valence-corrected chi connectivity index (χ2v) is 4.66. The van der Waals surface area contributed by atoms with Gasteiger partial charge in [-0.1, -0.05) is 18.2 Å². The van der Waals surface area contributed by atoms with Gasteiger partial charge in [0.15, 0.2) is 0 Å². The van der Waals surface area contributed by atoms with Crippen LogP contribution in [0.4, 0.5) is 0 Å². The molecule has 0 spiro atoms. The van der Waals surface area contributed by atoms with Crippen LogP contribution in [0.25, 0.3) is 0 Å². The summed E-state index contributed by atoms with van der Waals surface area (Å²) in [7, 11) is 3.30. The maximum absolute atomic E-state index is 10.3. The van der Waals surface area contributed by atoms with E-state index in [1.165, 1.54) is 0 Å². The van der Waals surface area contributed by atoms with Gasteiger partial charge in [-0.05, 0) is 18.6 Å². The first-order chi connectivity index (χ1) is 8.59. The number of methoxy groups -OCH3 is 2. The summed E-state index contributed by atoms with van der Waals surface area (Å²) in [6.07, 6.45) is 0.553. The van der Waals surface area contributed by atoms with Crippen LogP contribution in [0, 0.1) is 0 Å². The molecule has 18 heavy (non-hydrogen) atoms. The quantitative estimate of drug-likeness (QED) is 0.684. The third kappa shape index (κ3) is 5.04. The number of nitrogens with one attached hydrogen (secondary N) is 1. The summed E-state index contributed by atoms with van der Waals surface area (Å²) in [6.45, 7) is 3.72. The third-order valence-corrected chi connectivity index (χ3v) is 2.75. The highest BCUT2D eigenvalue weighted by Gasteiger charge is 2.22. The Morgan fingerprint density at radius 2 is 2.00 bits per heavy atom. The fraction of sp³-hybridized carbons (Fsp3) is 0.571. The van der Waals surface area contributed by atoms with E-state index in [4.69, 9.17) is 9.47 Å². The molecule has 0 aromatic heterocycles. The summed E-state index contributed by atoms with van der Waals surface area (Å²) in [4.78, 5) is 0. The monoisotopic (exact) mass is 253 g/mol. The van der Waals surface area contributed by atoms with E-state index in [2.05, 4.69) is 5.32 Å². The predicted octanol–water partition coefficient (Wildman–Crippen LogP) is 1.22. The molecule has 0 heterocycles. The zero-order valence-corrected chi connectivity index (χ0v) is 11.4. The number of para-hydroxylation sites is 1. The fourth-order valence-corrected chi connectivity index (χ4v) is 1.85. The zero-order chi connectivity index (χ0) is 13.4. The first-order valence-corrected chi connectivity index (χ1v) is 6.13. The number of ether oxygens (including phenoxy) is 2. The molecular formula is C14H23NO3. The topological polar surface area (TPSA) is 50.7 Å². The van der Waals surface area contributed by atoms with Gasteiger partial charge in [-0.25, -0.2) is 0 Å². The van der Waals surface area contributed by atoms with Gasteiger partial charge in [-0.15, -0.1) is 0 Å². The zero-order valence-electron chi connectivity index (χ0n) is 11.4. The van der Waals surface area contributed by atoms with Crippen molar-refractivity contribution in [3.63, 3.8) is 0 Å². The van der Waals surface area contributed by atoms with Crippen molar-refractivity contribution in [2.24, 2.45) is 0 Å². The van der Waals surface area contributed by atoms with Crippen molar-refractivity contribution in [3.05, 3.63) is 29.8 Å². The Balaban J connectivity index is 2.53. The lowest BCUT2D eigenvalue weighted by atomic mass is 9.96. The van der Waals surface area contributed by atoms with Crippen LogP contribution in [0.5, 0.6) is 5.75 Å². The lowest BCUT2D eigenvalue weighted by molar-refractivity contribution is 0.0575. The van der Waals surface area contributed by atoms with Gasteiger partial charge in [-0.2, -0.15) is 0 Å². The van der Waals surface area contributed by atoms with Crippen molar-refractivity contribution < 1.29 is 14.6 Å².